The van der Waals surface area contributed by atoms with Crippen LogP contribution in [0.15, 0.2) is 18.2 Å². The molecular formula is C15H23N3O2. The Bertz CT molecular complexity index is 488. The molecule has 1 heterocycles. The summed E-state index contributed by atoms with van der Waals surface area (Å²) in [6, 6.07) is 5.29. The highest BCUT2D eigenvalue weighted by Gasteiger charge is 2.26. The van der Waals surface area contributed by atoms with Crippen molar-refractivity contribution >= 4 is 11.4 Å². The van der Waals surface area contributed by atoms with E-state index in [1.54, 1.807) is 19.2 Å². The second kappa shape index (κ2) is 6.22. The van der Waals surface area contributed by atoms with Gasteiger partial charge in [0.25, 0.3) is 5.69 Å². The topological polar surface area (TPSA) is 58.4 Å². The Hall–Kier alpha value is -1.62. The Kier molecular flexibility index (Phi) is 4.60. The molecule has 0 radical (unpaired) electrons. The molecule has 0 spiro atoms. The fourth-order valence-electron chi connectivity index (χ4n) is 2.95. The van der Waals surface area contributed by atoms with Crippen LogP contribution in [0.1, 0.15) is 25.8 Å². The first-order chi connectivity index (χ1) is 9.52. The van der Waals surface area contributed by atoms with E-state index in [2.05, 4.69) is 24.1 Å². The maximum absolute atomic E-state index is 11.1. The highest BCUT2D eigenvalue weighted by molar-refractivity contribution is 5.66. The maximum atomic E-state index is 11.1. The summed E-state index contributed by atoms with van der Waals surface area (Å²) in [5, 5.41) is 14.0. The van der Waals surface area contributed by atoms with E-state index in [1.165, 1.54) is 6.42 Å². The van der Waals surface area contributed by atoms with Crippen LogP contribution >= 0.6 is 0 Å². The lowest BCUT2D eigenvalue weighted by atomic mass is 9.95. The maximum Gasteiger partial charge on any atom is 0.292 e. The van der Waals surface area contributed by atoms with Gasteiger partial charge in [-0.1, -0.05) is 26.0 Å². The van der Waals surface area contributed by atoms with Gasteiger partial charge in [0.05, 0.1) is 4.92 Å². The molecule has 1 aliphatic rings. The van der Waals surface area contributed by atoms with Crippen LogP contribution in [0.3, 0.4) is 0 Å². The highest BCUT2D eigenvalue weighted by atomic mass is 16.6. The van der Waals surface area contributed by atoms with Gasteiger partial charge in [0.2, 0.25) is 0 Å². The van der Waals surface area contributed by atoms with Crippen LogP contribution in [0, 0.1) is 22.0 Å². The van der Waals surface area contributed by atoms with E-state index in [4.69, 9.17) is 0 Å². The van der Waals surface area contributed by atoms with Gasteiger partial charge in [0.1, 0.15) is 5.69 Å². The Balaban J connectivity index is 2.14. The van der Waals surface area contributed by atoms with Crippen molar-refractivity contribution in [3.63, 3.8) is 0 Å². The normalized spacial score (nSPS) is 19.5. The molecule has 1 aromatic carbocycles. The number of likely N-dealkylation sites (tertiary alicyclic amines) is 1. The first kappa shape index (κ1) is 14.8. The van der Waals surface area contributed by atoms with Crippen molar-refractivity contribution in [2.24, 2.45) is 11.8 Å². The molecule has 1 fully saturated rings. The van der Waals surface area contributed by atoms with Crippen molar-refractivity contribution in [3.05, 3.63) is 33.9 Å². The molecular weight excluding hydrogens is 254 g/mol. The molecule has 20 heavy (non-hydrogen) atoms. The minimum absolute atomic E-state index is 0.157. The average Bonchev–Trinajstić information content (AvgIpc) is 2.87. The van der Waals surface area contributed by atoms with E-state index in [-0.39, 0.29) is 10.6 Å². The van der Waals surface area contributed by atoms with Gasteiger partial charge in [0, 0.05) is 26.2 Å². The Labute approximate surface area is 120 Å². The van der Waals surface area contributed by atoms with Crippen molar-refractivity contribution < 1.29 is 4.92 Å². The van der Waals surface area contributed by atoms with E-state index in [0.717, 1.165) is 31.1 Å². The third kappa shape index (κ3) is 3.10. The smallest absolute Gasteiger partial charge is 0.292 e. The second-order valence-electron chi connectivity index (χ2n) is 5.85. The van der Waals surface area contributed by atoms with Crippen molar-refractivity contribution in [1.82, 2.24) is 4.90 Å². The molecule has 1 saturated heterocycles. The number of para-hydroxylation sites is 1. The fraction of sp³-hybridized carbons (Fsp3) is 0.600. The first-order valence-corrected chi connectivity index (χ1v) is 7.19. The Morgan fingerprint density at radius 3 is 2.80 bits per heavy atom. The molecule has 110 valence electrons. The van der Waals surface area contributed by atoms with Crippen LogP contribution in [0.25, 0.3) is 0 Å². The zero-order valence-corrected chi connectivity index (χ0v) is 12.4. The molecule has 2 rings (SSSR count). The summed E-state index contributed by atoms with van der Waals surface area (Å²) in [7, 11) is 1.74. The van der Waals surface area contributed by atoms with Crippen molar-refractivity contribution in [2.75, 3.05) is 25.5 Å². The van der Waals surface area contributed by atoms with Crippen LogP contribution in [0.4, 0.5) is 11.4 Å². The number of nitro benzene ring substituents is 1. The molecule has 1 aliphatic heterocycles. The van der Waals surface area contributed by atoms with Gasteiger partial charge in [-0.25, -0.2) is 0 Å². The first-order valence-electron chi connectivity index (χ1n) is 7.19. The summed E-state index contributed by atoms with van der Waals surface area (Å²) in [5.41, 5.74) is 1.81. The van der Waals surface area contributed by atoms with E-state index >= 15 is 0 Å². The predicted molar refractivity (Wildman–Crippen MR) is 80.9 cm³/mol. The number of nitrogens with zero attached hydrogens (tertiary/aromatic N) is 2. The van der Waals surface area contributed by atoms with Crippen LogP contribution < -0.4 is 5.32 Å². The van der Waals surface area contributed by atoms with Crippen LogP contribution in [-0.4, -0.2) is 30.0 Å². The molecule has 1 N–H and O–H groups in total. The van der Waals surface area contributed by atoms with Gasteiger partial charge < -0.3 is 5.32 Å². The second-order valence-corrected chi connectivity index (χ2v) is 5.85. The molecule has 0 amide bonds. The van der Waals surface area contributed by atoms with E-state index in [1.807, 2.05) is 6.07 Å². The monoisotopic (exact) mass is 277 g/mol. The zero-order valence-electron chi connectivity index (χ0n) is 12.4. The van der Waals surface area contributed by atoms with Gasteiger partial charge in [-0.3, -0.25) is 15.0 Å². The van der Waals surface area contributed by atoms with Crippen LogP contribution in [-0.2, 0) is 6.54 Å². The SMILES string of the molecule is CNc1c(CN2CCC(C(C)C)C2)cccc1[N+](=O)[O-]. The number of rotatable bonds is 5. The van der Waals surface area contributed by atoms with E-state index in [0.29, 0.717) is 11.6 Å². The number of nitro groups is 1. The van der Waals surface area contributed by atoms with Gasteiger partial charge in [-0.2, -0.15) is 0 Å². The molecule has 0 aliphatic carbocycles. The number of hydrogen-bond donors (Lipinski definition) is 1. The van der Waals surface area contributed by atoms with E-state index < -0.39 is 0 Å². The Morgan fingerprint density at radius 1 is 1.50 bits per heavy atom. The van der Waals surface area contributed by atoms with Gasteiger partial charge in [-0.05, 0) is 30.4 Å². The fourth-order valence-corrected chi connectivity index (χ4v) is 2.95. The quantitative estimate of drug-likeness (QED) is 0.663. The van der Waals surface area contributed by atoms with E-state index in [9.17, 15) is 10.1 Å². The van der Waals surface area contributed by atoms with Crippen molar-refractivity contribution in [3.8, 4) is 0 Å². The molecule has 5 nitrogen and oxygen atoms in total. The van der Waals surface area contributed by atoms with Crippen molar-refractivity contribution in [2.45, 2.75) is 26.8 Å². The molecule has 0 bridgehead atoms. The minimum Gasteiger partial charge on any atom is -0.382 e. The Morgan fingerprint density at radius 2 is 2.25 bits per heavy atom. The zero-order chi connectivity index (χ0) is 14.7. The van der Waals surface area contributed by atoms with Crippen LogP contribution in [0.5, 0.6) is 0 Å². The van der Waals surface area contributed by atoms with Crippen molar-refractivity contribution in [1.29, 1.82) is 0 Å². The number of anilines is 1. The molecule has 0 aromatic heterocycles. The lowest BCUT2D eigenvalue weighted by molar-refractivity contribution is -0.384. The summed E-state index contributed by atoms with van der Waals surface area (Å²) in [4.78, 5) is 13.1. The third-order valence-corrected chi connectivity index (χ3v) is 4.22. The molecule has 1 aromatic rings. The predicted octanol–water partition coefficient (Wildman–Crippen LogP) is 3.11. The van der Waals surface area contributed by atoms with Crippen LogP contribution in [0.2, 0.25) is 0 Å². The lowest BCUT2D eigenvalue weighted by Crippen LogP contribution is -2.22. The van der Waals surface area contributed by atoms with Gasteiger partial charge >= 0.3 is 0 Å². The summed E-state index contributed by atoms with van der Waals surface area (Å²) in [5.74, 6) is 1.45. The molecule has 1 atom stereocenters. The number of hydrogen-bond acceptors (Lipinski definition) is 4. The number of nitrogens with one attached hydrogen (secondary N) is 1. The summed E-state index contributed by atoms with van der Waals surface area (Å²) in [6.07, 6.45) is 1.22. The summed E-state index contributed by atoms with van der Waals surface area (Å²) in [6.45, 7) is 7.47. The summed E-state index contributed by atoms with van der Waals surface area (Å²) < 4.78 is 0. The summed E-state index contributed by atoms with van der Waals surface area (Å²) >= 11 is 0. The highest BCUT2D eigenvalue weighted by Crippen LogP contribution is 2.31. The van der Waals surface area contributed by atoms with Gasteiger partial charge in [-0.15, -0.1) is 0 Å². The van der Waals surface area contributed by atoms with Gasteiger partial charge in [0.15, 0.2) is 0 Å². The average molecular weight is 277 g/mol. The molecule has 5 heteroatoms. The molecule has 1 unspecified atom stereocenters. The lowest BCUT2D eigenvalue weighted by Gasteiger charge is -2.19. The largest absolute Gasteiger partial charge is 0.382 e. The third-order valence-electron chi connectivity index (χ3n) is 4.22. The standard InChI is InChI=1S/C15H23N3O2/c1-11(2)12-7-8-17(9-12)10-13-5-4-6-14(18(19)20)15(13)16-3/h4-6,11-12,16H,7-10H2,1-3H3. The molecule has 0 saturated carbocycles. The minimum atomic E-state index is -0.323. The number of benzene rings is 1.